The van der Waals surface area contributed by atoms with Gasteiger partial charge in [0.1, 0.15) is 13.2 Å². The largest absolute Gasteiger partial charge is 0.362 e. The van der Waals surface area contributed by atoms with Gasteiger partial charge in [0.05, 0.1) is 6.04 Å². The highest BCUT2D eigenvalue weighted by Crippen LogP contribution is 2.30. The van der Waals surface area contributed by atoms with E-state index in [-0.39, 0.29) is 25.2 Å². The first-order valence-corrected chi connectivity index (χ1v) is 7.66. The van der Waals surface area contributed by atoms with Gasteiger partial charge in [0.2, 0.25) is 11.8 Å². The number of ether oxygens (including phenoxy) is 1. The summed E-state index contributed by atoms with van der Waals surface area (Å²) in [4.78, 5) is 22.4. The van der Waals surface area contributed by atoms with Crippen LogP contribution in [0.1, 0.15) is 49.2 Å². The summed E-state index contributed by atoms with van der Waals surface area (Å²) in [5, 5.41) is 7.64. The Hall–Kier alpha value is -2.29. The zero-order chi connectivity index (χ0) is 16.2. The van der Waals surface area contributed by atoms with Crippen LogP contribution >= 0.6 is 0 Å². The van der Waals surface area contributed by atoms with E-state index in [1.54, 1.807) is 11.8 Å². The van der Waals surface area contributed by atoms with Gasteiger partial charge >= 0.3 is 0 Å². The molecule has 0 unspecified atom stereocenters. The highest BCUT2D eigenvalue weighted by atomic mass is 16.5. The lowest BCUT2D eigenvalue weighted by molar-refractivity contribution is -0.137. The van der Waals surface area contributed by atoms with Crippen molar-refractivity contribution in [2.75, 3.05) is 13.2 Å². The first-order chi connectivity index (χ1) is 11.2. The fourth-order valence-electron chi connectivity index (χ4n) is 2.59. The number of hydrogen-bond donors (Lipinski definition) is 0. The van der Waals surface area contributed by atoms with E-state index in [2.05, 4.69) is 20.3 Å². The molecule has 124 valence electrons. The van der Waals surface area contributed by atoms with Crippen molar-refractivity contribution >= 4 is 5.91 Å². The van der Waals surface area contributed by atoms with Crippen LogP contribution in [0.25, 0.3) is 0 Å². The van der Waals surface area contributed by atoms with Crippen LogP contribution < -0.4 is 0 Å². The SMILES string of the molecule is CCc1nc([C@H]2CCCN2C(=O)COCc2nc(C)no2)no1. The van der Waals surface area contributed by atoms with Crippen LogP contribution in [-0.2, 0) is 22.6 Å². The van der Waals surface area contributed by atoms with Gasteiger partial charge in [-0.1, -0.05) is 17.2 Å². The average molecular weight is 321 g/mol. The van der Waals surface area contributed by atoms with Gasteiger partial charge in [-0.25, -0.2) is 0 Å². The van der Waals surface area contributed by atoms with Crippen molar-refractivity contribution in [3.63, 3.8) is 0 Å². The lowest BCUT2D eigenvalue weighted by Crippen LogP contribution is -2.34. The number of aromatic nitrogens is 4. The third kappa shape index (κ3) is 3.55. The Kier molecular flexibility index (Phi) is 4.65. The maximum Gasteiger partial charge on any atom is 0.252 e. The molecular weight excluding hydrogens is 302 g/mol. The number of amides is 1. The molecule has 1 atom stereocenters. The van der Waals surface area contributed by atoms with Crippen molar-refractivity contribution in [2.24, 2.45) is 0 Å². The average Bonchev–Trinajstić information content (AvgIpc) is 3.26. The van der Waals surface area contributed by atoms with Gasteiger partial charge in [-0.05, 0) is 19.8 Å². The second-order valence-electron chi connectivity index (χ2n) is 5.37. The molecule has 0 radical (unpaired) electrons. The maximum atomic E-state index is 12.3. The Labute approximate surface area is 133 Å². The third-order valence-corrected chi connectivity index (χ3v) is 3.68. The van der Waals surface area contributed by atoms with E-state index in [0.717, 1.165) is 12.8 Å². The molecule has 2 aromatic heterocycles. The highest BCUT2D eigenvalue weighted by molar-refractivity contribution is 5.78. The van der Waals surface area contributed by atoms with Crippen LogP contribution in [0.15, 0.2) is 9.05 Å². The minimum absolute atomic E-state index is 0.0452. The molecular formula is C14H19N5O4. The molecule has 9 nitrogen and oxygen atoms in total. The van der Waals surface area contributed by atoms with Crippen LogP contribution in [0.4, 0.5) is 0 Å². The summed E-state index contributed by atoms with van der Waals surface area (Å²) in [6.07, 6.45) is 2.42. The zero-order valence-corrected chi connectivity index (χ0v) is 13.2. The molecule has 0 aromatic carbocycles. The molecule has 0 spiro atoms. The topological polar surface area (TPSA) is 107 Å². The third-order valence-electron chi connectivity index (χ3n) is 3.68. The van der Waals surface area contributed by atoms with E-state index in [0.29, 0.717) is 36.4 Å². The molecule has 0 aliphatic carbocycles. The van der Waals surface area contributed by atoms with Gasteiger partial charge in [-0.2, -0.15) is 9.97 Å². The van der Waals surface area contributed by atoms with E-state index in [4.69, 9.17) is 13.8 Å². The number of carbonyl (C=O) groups is 1. The van der Waals surface area contributed by atoms with Gasteiger partial charge in [0.25, 0.3) is 5.89 Å². The van der Waals surface area contributed by atoms with Gasteiger partial charge in [-0.3, -0.25) is 4.79 Å². The van der Waals surface area contributed by atoms with Crippen LogP contribution in [-0.4, -0.2) is 44.2 Å². The summed E-state index contributed by atoms with van der Waals surface area (Å²) in [5.41, 5.74) is 0. The van der Waals surface area contributed by atoms with Crippen molar-refractivity contribution in [1.82, 2.24) is 25.2 Å². The van der Waals surface area contributed by atoms with E-state index < -0.39 is 0 Å². The Morgan fingerprint density at radius 1 is 1.30 bits per heavy atom. The molecule has 3 rings (SSSR count). The van der Waals surface area contributed by atoms with E-state index >= 15 is 0 Å². The summed E-state index contributed by atoms with van der Waals surface area (Å²) < 4.78 is 15.4. The van der Waals surface area contributed by atoms with Crippen molar-refractivity contribution in [3.05, 3.63) is 23.4 Å². The number of hydrogen-bond acceptors (Lipinski definition) is 8. The number of likely N-dealkylation sites (tertiary alicyclic amines) is 1. The Morgan fingerprint density at radius 2 is 2.13 bits per heavy atom. The molecule has 0 saturated carbocycles. The maximum absolute atomic E-state index is 12.3. The molecule has 1 amide bonds. The molecule has 0 N–H and O–H groups in total. The zero-order valence-electron chi connectivity index (χ0n) is 13.2. The molecule has 23 heavy (non-hydrogen) atoms. The van der Waals surface area contributed by atoms with E-state index in [1.165, 1.54) is 0 Å². The van der Waals surface area contributed by atoms with Crippen LogP contribution in [0.3, 0.4) is 0 Å². The predicted molar refractivity (Wildman–Crippen MR) is 76.1 cm³/mol. The Morgan fingerprint density at radius 3 is 2.83 bits per heavy atom. The fraction of sp³-hybridized carbons (Fsp3) is 0.643. The standard InChI is InChI=1S/C14H19N5O4/c1-3-11-16-14(18-22-11)10-5-4-6-19(10)13(20)8-21-7-12-15-9(2)17-23-12/h10H,3-8H2,1-2H3/t10-/m1/s1. The predicted octanol–water partition coefficient (Wildman–Crippen LogP) is 1.20. The molecule has 2 aromatic rings. The second kappa shape index (κ2) is 6.86. The van der Waals surface area contributed by atoms with Crippen molar-refractivity contribution < 1.29 is 18.6 Å². The minimum atomic E-state index is -0.138. The van der Waals surface area contributed by atoms with Crippen LogP contribution in [0, 0.1) is 6.92 Å². The number of aryl methyl sites for hydroxylation is 2. The number of nitrogens with zero attached hydrogens (tertiary/aromatic N) is 5. The minimum Gasteiger partial charge on any atom is -0.362 e. The Bertz CT molecular complexity index is 668. The van der Waals surface area contributed by atoms with Gasteiger partial charge in [0, 0.05) is 13.0 Å². The molecule has 1 fully saturated rings. The number of rotatable bonds is 6. The lowest BCUT2D eigenvalue weighted by Gasteiger charge is -2.21. The summed E-state index contributed by atoms with van der Waals surface area (Å²) in [7, 11) is 0. The normalized spacial score (nSPS) is 17.8. The molecule has 0 bridgehead atoms. The molecule has 3 heterocycles. The van der Waals surface area contributed by atoms with Gasteiger partial charge in [0.15, 0.2) is 11.6 Å². The van der Waals surface area contributed by atoms with E-state index in [9.17, 15) is 4.79 Å². The van der Waals surface area contributed by atoms with Crippen LogP contribution in [0.2, 0.25) is 0 Å². The summed E-state index contributed by atoms with van der Waals surface area (Å²) in [6, 6.07) is -0.138. The second-order valence-corrected chi connectivity index (χ2v) is 5.37. The molecule has 1 aliphatic rings. The molecule has 1 saturated heterocycles. The molecule has 1 aliphatic heterocycles. The van der Waals surface area contributed by atoms with Crippen molar-refractivity contribution in [3.8, 4) is 0 Å². The fourth-order valence-corrected chi connectivity index (χ4v) is 2.59. The first-order valence-electron chi connectivity index (χ1n) is 7.66. The summed E-state index contributed by atoms with van der Waals surface area (Å²) >= 11 is 0. The molecule has 9 heteroatoms. The number of carbonyl (C=O) groups excluding carboxylic acids is 1. The quantitative estimate of drug-likeness (QED) is 0.781. The summed E-state index contributed by atoms with van der Waals surface area (Å²) in [5.74, 6) is 1.95. The van der Waals surface area contributed by atoms with Crippen molar-refractivity contribution in [1.29, 1.82) is 0 Å². The monoisotopic (exact) mass is 321 g/mol. The highest BCUT2D eigenvalue weighted by Gasteiger charge is 2.33. The van der Waals surface area contributed by atoms with Gasteiger partial charge in [-0.15, -0.1) is 0 Å². The summed E-state index contributed by atoms with van der Waals surface area (Å²) in [6.45, 7) is 4.41. The van der Waals surface area contributed by atoms with Crippen molar-refractivity contribution in [2.45, 2.75) is 45.8 Å². The van der Waals surface area contributed by atoms with E-state index in [1.807, 2.05) is 6.92 Å². The lowest BCUT2D eigenvalue weighted by atomic mass is 10.2. The smallest absolute Gasteiger partial charge is 0.252 e. The first kappa shape index (κ1) is 15.6. The Balaban J connectivity index is 1.55. The van der Waals surface area contributed by atoms with Gasteiger partial charge < -0.3 is 18.7 Å². The van der Waals surface area contributed by atoms with Crippen LogP contribution in [0.5, 0.6) is 0 Å².